The van der Waals surface area contributed by atoms with Gasteiger partial charge in [-0.1, -0.05) is 23.5 Å². The molecule has 3 heterocycles. The second-order valence-electron chi connectivity index (χ2n) is 7.39. The van der Waals surface area contributed by atoms with Gasteiger partial charge in [0.25, 0.3) is 5.56 Å². The Balaban J connectivity index is 1.91. The highest BCUT2D eigenvalue weighted by atomic mass is 32.1. The lowest BCUT2D eigenvalue weighted by Gasteiger charge is -2.26. The minimum atomic E-state index is -0.615. The molecule has 1 aliphatic heterocycles. The third-order valence-corrected chi connectivity index (χ3v) is 6.59. The van der Waals surface area contributed by atoms with E-state index in [-0.39, 0.29) is 5.56 Å². The van der Waals surface area contributed by atoms with Gasteiger partial charge < -0.3 is 14.1 Å². The van der Waals surface area contributed by atoms with Crippen LogP contribution in [0.4, 0.5) is 5.69 Å². The van der Waals surface area contributed by atoms with Crippen LogP contribution in [0.5, 0.6) is 0 Å². The molecule has 0 amide bonds. The van der Waals surface area contributed by atoms with Crippen LogP contribution in [0.3, 0.4) is 0 Å². The summed E-state index contributed by atoms with van der Waals surface area (Å²) < 4.78 is 12.3. The van der Waals surface area contributed by atoms with Crippen molar-refractivity contribution in [3.05, 3.63) is 84.9 Å². The van der Waals surface area contributed by atoms with Crippen LogP contribution >= 0.6 is 11.3 Å². The molecule has 8 heteroatoms. The maximum Gasteiger partial charge on any atom is 0.338 e. The standard InChI is InChI=1S/C24H25N3O4S/c1-5-26(6-2)18-9-7-17(8-10-18)21-20(23(29)30-4)15(3)25-24-27(21)22(28)19(32-24)13-16-11-12-31-14-16/h7-14,21H,5-6H2,1-4H3/b19-13+. The Morgan fingerprint density at radius 3 is 2.56 bits per heavy atom. The van der Waals surface area contributed by atoms with Crippen molar-refractivity contribution in [2.75, 3.05) is 25.1 Å². The molecular weight excluding hydrogens is 426 g/mol. The van der Waals surface area contributed by atoms with Crippen LogP contribution in [0.15, 0.2) is 68.3 Å². The molecule has 0 radical (unpaired) electrons. The molecule has 1 aromatic carbocycles. The van der Waals surface area contributed by atoms with Crippen molar-refractivity contribution in [1.82, 2.24) is 4.57 Å². The number of benzene rings is 1. The molecule has 0 fully saturated rings. The van der Waals surface area contributed by atoms with Gasteiger partial charge in [0.15, 0.2) is 4.80 Å². The van der Waals surface area contributed by atoms with E-state index in [1.54, 1.807) is 36.2 Å². The molecule has 0 saturated heterocycles. The molecule has 0 N–H and O–H groups in total. The summed E-state index contributed by atoms with van der Waals surface area (Å²) >= 11 is 1.29. The summed E-state index contributed by atoms with van der Waals surface area (Å²) in [6.45, 7) is 7.78. The van der Waals surface area contributed by atoms with E-state index in [2.05, 4.69) is 23.7 Å². The molecule has 0 aliphatic carbocycles. The molecule has 0 spiro atoms. The molecule has 0 saturated carbocycles. The molecule has 2 aromatic heterocycles. The summed E-state index contributed by atoms with van der Waals surface area (Å²) in [5.74, 6) is -0.492. The number of hydrogen-bond acceptors (Lipinski definition) is 7. The lowest BCUT2D eigenvalue weighted by molar-refractivity contribution is -0.136. The second kappa shape index (κ2) is 9.00. The summed E-state index contributed by atoms with van der Waals surface area (Å²) in [5, 5.41) is 0. The van der Waals surface area contributed by atoms with Crippen LogP contribution in [0, 0.1) is 0 Å². The van der Waals surface area contributed by atoms with Crippen LogP contribution in [0.2, 0.25) is 0 Å². The van der Waals surface area contributed by atoms with Gasteiger partial charge in [-0.3, -0.25) is 9.36 Å². The zero-order chi connectivity index (χ0) is 22.8. The summed E-state index contributed by atoms with van der Waals surface area (Å²) in [7, 11) is 1.34. The number of methoxy groups -OCH3 is 1. The Morgan fingerprint density at radius 2 is 1.97 bits per heavy atom. The number of carbonyl (C=O) groups excluding carboxylic acids is 1. The number of ether oxygens (including phenoxy) is 1. The molecule has 0 bridgehead atoms. The van der Waals surface area contributed by atoms with Gasteiger partial charge in [-0.2, -0.15) is 0 Å². The lowest BCUT2D eigenvalue weighted by atomic mass is 9.95. The van der Waals surface area contributed by atoms with Crippen molar-refractivity contribution in [3.8, 4) is 0 Å². The normalized spacial score (nSPS) is 16.0. The maximum atomic E-state index is 13.4. The fraction of sp³-hybridized carbons (Fsp3) is 0.292. The first kappa shape index (κ1) is 21.8. The number of fused-ring (bicyclic) bond motifs is 1. The Bertz CT molecular complexity index is 1330. The average Bonchev–Trinajstić information content (AvgIpc) is 3.42. The van der Waals surface area contributed by atoms with Gasteiger partial charge in [0.05, 0.1) is 41.5 Å². The molecule has 1 atom stereocenters. The Labute approximate surface area is 189 Å². The van der Waals surface area contributed by atoms with Gasteiger partial charge in [-0.25, -0.2) is 9.79 Å². The molecule has 166 valence electrons. The molecule has 1 aliphatic rings. The number of allylic oxidation sites excluding steroid dienone is 1. The van der Waals surface area contributed by atoms with E-state index in [1.165, 1.54) is 18.4 Å². The molecule has 1 unspecified atom stereocenters. The summed E-state index contributed by atoms with van der Waals surface area (Å²) in [5.41, 5.74) is 3.41. The minimum Gasteiger partial charge on any atom is -0.472 e. The fourth-order valence-electron chi connectivity index (χ4n) is 3.97. The highest BCUT2D eigenvalue weighted by molar-refractivity contribution is 7.07. The zero-order valence-corrected chi connectivity index (χ0v) is 19.3. The van der Waals surface area contributed by atoms with E-state index in [1.807, 2.05) is 24.3 Å². The van der Waals surface area contributed by atoms with E-state index in [9.17, 15) is 9.59 Å². The van der Waals surface area contributed by atoms with Gasteiger partial charge in [-0.15, -0.1) is 0 Å². The topological polar surface area (TPSA) is 77.0 Å². The van der Waals surface area contributed by atoms with Crippen molar-refractivity contribution >= 4 is 29.1 Å². The number of thiazole rings is 1. The fourth-order valence-corrected chi connectivity index (χ4v) is 5.02. The molecule has 32 heavy (non-hydrogen) atoms. The summed E-state index contributed by atoms with van der Waals surface area (Å²) in [6, 6.07) is 9.14. The zero-order valence-electron chi connectivity index (χ0n) is 18.5. The first-order valence-electron chi connectivity index (χ1n) is 10.5. The highest BCUT2D eigenvalue weighted by Crippen LogP contribution is 2.31. The van der Waals surface area contributed by atoms with Crippen LogP contribution in [-0.4, -0.2) is 30.7 Å². The van der Waals surface area contributed by atoms with E-state index >= 15 is 0 Å². The molecular formula is C24H25N3O4S. The Hall–Kier alpha value is -3.39. The number of hydrogen-bond donors (Lipinski definition) is 0. The van der Waals surface area contributed by atoms with Crippen molar-refractivity contribution in [2.24, 2.45) is 4.99 Å². The number of carbonyl (C=O) groups is 1. The second-order valence-corrected chi connectivity index (χ2v) is 8.40. The van der Waals surface area contributed by atoms with Crippen molar-refractivity contribution in [1.29, 1.82) is 0 Å². The van der Waals surface area contributed by atoms with E-state index in [0.717, 1.165) is 29.9 Å². The number of esters is 1. The Morgan fingerprint density at radius 1 is 1.25 bits per heavy atom. The van der Waals surface area contributed by atoms with Gasteiger partial charge in [-0.05, 0) is 50.6 Å². The predicted molar refractivity (Wildman–Crippen MR) is 124 cm³/mol. The van der Waals surface area contributed by atoms with Gasteiger partial charge in [0, 0.05) is 24.3 Å². The van der Waals surface area contributed by atoms with E-state index in [4.69, 9.17) is 9.15 Å². The SMILES string of the molecule is CCN(CC)c1ccc(C2C(C(=O)OC)=C(C)N=c3s/c(=C/c4ccoc4)c(=O)n32)cc1. The molecule has 3 aromatic rings. The van der Waals surface area contributed by atoms with Crippen molar-refractivity contribution < 1.29 is 13.9 Å². The third kappa shape index (κ3) is 3.82. The van der Waals surface area contributed by atoms with Crippen LogP contribution in [0.1, 0.15) is 37.9 Å². The summed E-state index contributed by atoms with van der Waals surface area (Å²) in [4.78, 5) is 33.5. The number of aromatic nitrogens is 1. The first-order chi connectivity index (χ1) is 15.5. The quantitative estimate of drug-likeness (QED) is 0.539. The third-order valence-electron chi connectivity index (χ3n) is 5.61. The predicted octanol–water partition coefficient (Wildman–Crippen LogP) is 2.85. The largest absolute Gasteiger partial charge is 0.472 e. The lowest BCUT2D eigenvalue weighted by Crippen LogP contribution is -2.39. The van der Waals surface area contributed by atoms with Crippen LogP contribution in [-0.2, 0) is 9.53 Å². The monoisotopic (exact) mass is 451 g/mol. The number of anilines is 1. The number of rotatable bonds is 6. The number of nitrogens with zero attached hydrogens (tertiary/aromatic N) is 3. The van der Waals surface area contributed by atoms with Crippen molar-refractivity contribution in [3.63, 3.8) is 0 Å². The van der Waals surface area contributed by atoms with E-state index < -0.39 is 12.0 Å². The first-order valence-corrected chi connectivity index (χ1v) is 11.3. The highest BCUT2D eigenvalue weighted by Gasteiger charge is 2.33. The molecule has 4 rings (SSSR count). The maximum absolute atomic E-state index is 13.4. The summed E-state index contributed by atoms with van der Waals surface area (Å²) in [6.07, 6.45) is 4.90. The van der Waals surface area contributed by atoms with Gasteiger partial charge >= 0.3 is 5.97 Å². The van der Waals surface area contributed by atoms with Gasteiger partial charge in [0.2, 0.25) is 0 Å². The van der Waals surface area contributed by atoms with Crippen LogP contribution in [0.25, 0.3) is 6.08 Å². The average molecular weight is 452 g/mol. The number of furan rings is 1. The minimum absolute atomic E-state index is 0.207. The Kier molecular flexibility index (Phi) is 6.14. The smallest absolute Gasteiger partial charge is 0.338 e. The van der Waals surface area contributed by atoms with Crippen molar-refractivity contribution in [2.45, 2.75) is 26.8 Å². The van der Waals surface area contributed by atoms with Gasteiger partial charge in [0.1, 0.15) is 0 Å². The molecule has 7 nitrogen and oxygen atoms in total. The van der Waals surface area contributed by atoms with Crippen LogP contribution < -0.4 is 19.8 Å². The van der Waals surface area contributed by atoms with E-state index in [0.29, 0.717) is 20.6 Å².